The normalized spacial score (nSPS) is 12.3. The summed E-state index contributed by atoms with van der Waals surface area (Å²) in [7, 11) is 0. The van der Waals surface area contributed by atoms with Crippen molar-refractivity contribution in [3.05, 3.63) is 30.3 Å². The number of unbranched alkanes of at least 4 members (excludes halogenated alkanes) is 7. The van der Waals surface area contributed by atoms with Crippen LogP contribution in [0.5, 0.6) is 0 Å². The molecule has 21 heavy (non-hydrogen) atoms. The molecule has 1 rings (SSSR count). The summed E-state index contributed by atoms with van der Waals surface area (Å²) in [4.78, 5) is 0. The highest BCUT2D eigenvalue weighted by atomic mass is 14.9. The predicted molar refractivity (Wildman–Crippen MR) is 96.0 cm³/mol. The molecule has 1 heteroatoms. The van der Waals surface area contributed by atoms with Gasteiger partial charge in [-0.15, -0.1) is 0 Å². The lowest BCUT2D eigenvalue weighted by molar-refractivity contribution is 0.510. The summed E-state index contributed by atoms with van der Waals surface area (Å²) >= 11 is 0. The number of benzene rings is 1. The van der Waals surface area contributed by atoms with E-state index in [-0.39, 0.29) is 0 Å². The molecular weight excluding hydrogens is 254 g/mol. The summed E-state index contributed by atoms with van der Waals surface area (Å²) in [6, 6.07) is 11.4. The van der Waals surface area contributed by atoms with E-state index in [4.69, 9.17) is 0 Å². The third-order valence-electron chi connectivity index (χ3n) is 4.21. The highest BCUT2D eigenvalue weighted by molar-refractivity contribution is 5.43. The minimum Gasteiger partial charge on any atom is -0.382 e. The van der Waals surface area contributed by atoms with Crippen LogP contribution in [0.25, 0.3) is 0 Å². The molecule has 0 amide bonds. The first-order valence-corrected chi connectivity index (χ1v) is 9.18. The number of para-hydroxylation sites is 1. The lowest BCUT2D eigenvalue weighted by Crippen LogP contribution is -2.19. The van der Waals surface area contributed by atoms with Gasteiger partial charge in [0.25, 0.3) is 0 Å². The van der Waals surface area contributed by atoms with Crippen LogP contribution >= 0.6 is 0 Å². The van der Waals surface area contributed by atoms with Crippen molar-refractivity contribution >= 4 is 5.69 Å². The Hall–Kier alpha value is -0.980. The zero-order valence-electron chi connectivity index (χ0n) is 14.2. The molecule has 0 aliphatic carbocycles. The van der Waals surface area contributed by atoms with E-state index >= 15 is 0 Å². The number of rotatable bonds is 13. The van der Waals surface area contributed by atoms with Crippen molar-refractivity contribution in [2.45, 2.75) is 90.5 Å². The van der Waals surface area contributed by atoms with E-state index in [1.165, 1.54) is 76.3 Å². The second-order valence-electron chi connectivity index (χ2n) is 6.26. The molecule has 1 N–H and O–H groups in total. The lowest BCUT2D eigenvalue weighted by atomic mass is 10.0. The van der Waals surface area contributed by atoms with Crippen molar-refractivity contribution in [3.63, 3.8) is 0 Å². The van der Waals surface area contributed by atoms with Gasteiger partial charge in [-0.25, -0.2) is 0 Å². The number of hydrogen-bond acceptors (Lipinski definition) is 1. The average molecular weight is 290 g/mol. The van der Waals surface area contributed by atoms with Crippen molar-refractivity contribution < 1.29 is 0 Å². The molecule has 0 bridgehead atoms. The molecule has 0 fully saturated rings. The molecule has 1 atom stereocenters. The molecule has 1 aromatic carbocycles. The van der Waals surface area contributed by atoms with Gasteiger partial charge < -0.3 is 5.32 Å². The molecule has 0 heterocycles. The van der Waals surface area contributed by atoms with Crippen LogP contribution in [0, 0.1) is 0 Å². The number of nitrogens with one attached hydrogen (secondary N) is 1. The van der Waals surface area contributed by atoms with Crippen molar-refractivity contribution in [1.29, 1.82) is 0 Å². The highest BCUT2D eigenvalue weighted by Crippen LogP contribution is 2.17. The minimum absolute atomic E-state index is 0.658. The fourth-order valence-corrected chi connectivity index (χ4v) is 2.87. The van der Waals surface area contributed by atoms with E-state index in [0.29, 0.717) is 6.04 Å². The third kappa shape index (κ3) is 9.55. The SMILES string of the molecule is CCCCCCCC(CCCCCC)Nc1ccccc1. The van der Waals surface area contributed by atoms with Crippen LogP contribution in [-0.2, 0) is 0 Å². The second-order valence-corrected chi connectivity index (χ2v) is 6.26. The smallest absolute Gasteiger partial charge is 0.0342 e. The van der Waals surface area contributed by atoms with Gasteiger partial charge in [-0.05, 0) is 25.0 Å². The first-order valence-electron chi connectivity index (χ1n) is 9.18. The van der Waals surface area contributed by atoms with E-state index in [1.807, 2.05) is 0 Å². The molecule has 120 valence electrons. The molecule has 0 saturated heterocycles. The lowest BCUT2D eigenvalue weighted by Gasteiger charge is -2.20. The van der Waals surface area contributed by atoms with Gasteiger partial charge in [-0.1, -0.05) is 89.8 Å². The largest absolute Gasteiger partial charge is 0.382 e. The molecule has 0 spiro atoms. The van der Waals surface area contributed by atoms with Gasteiger partial charge >= 0.3 is 0 Å². The van der Waals surface area contributed by atoms with E-state index in [1.54, 1.807) is 0 Å². The summed E-state index contributed by atoms with van der Waals surface area (Å²) < 4.78 is 0. The van der Waals surface area contributed by atoms with Gasteiger partial charge in [-0.3, -0.25) is 0 Å². The second kappa shape index (κ2) is 12.7. The van der Waals surface area contributed by atoms with Crippen LogP contribution in [0.3, 0.4) is 0 Å². The van der Waals surface area contributed by atoms with Gasteiger partial charge in [-0.2, -0.15) is 0 Å². The average Bonchev–Trinajstić information content (AvgIpc) is 2.52. The summed E-state index contributed by atoms with van der Waals surface area (Å²) in [5.41, 5.74) is 1.28. The van der Waals surface area contributed by atoms with Crippen LogP contribution in [-0.4, -0.2) is 6.04 Å². The first-order chi connectivity index (χ1) is 10.4. The van der Waals surface area contributed by atoms with Gasteiger partial charge in [0, 0.05) is 11.7 Å². The summed E-state index contributed by atoms with van der Waals surface area (Å²) in [6.45, 7) is 4.57. The summed E-state index contributed by atoms with van der Waals surface area (Å²) in [5, 5.41) is 3.75. The fourth-order valence-electron chi connectivity index (χ4n) is 2.87. The minimum atomic E-state index is 0.658. The third-order valence-corrected chi connectivity index (χ3v) is 4.21. The molecule has 1 nitrogen and oxygen atoms in total. The first kappa shape index (κ1) is 18.1. The maximum absolute atomic E-state index is 3.75. The standard InChI is InChI=1S/C20H35N/c1-3-5-7-9-12-16-19(15-11-8-6-4-2)21-20-17-13-10-14-18-20/h10,13-14,17-19,21H,3-9,11-12,15-16H2,1-2H3. The Bertz CT molecular complexity index is 320. The van der Waals surface area contributed by atoms with Crippen molar-refractivity contribution in [3.8, 4) is 0 Å². The fraction of sp³-hybridized carbons (Fsp3) is 0.700. The Kier molecular flexibility index (Phi) is 11.0. The Morgan fingerprint density at radius 1 is 0.714 bits per heavy atom. The van der Waals surface area contributed by atoms with E-state index in [0.717, 1.165) is 0 Å². The topological polar surface area (TPSA) is 12.0 Å². The van der Waals surface area contributed by atoms with Gasteiger partial charge in [0.15, 0.2) is 0 Å². The maximum atomic E-state index is 3.75. The zero-order valence-corrected chi connectivity index (χ0v) is 14.2. The van der Waals surface area contributed by atoms with Gasteiger partial charge in [0.1, 0.15) is 0 Å². The van der Waals surface area contributed by atoms with Crippen LogP contribution < -0.4 is 5.32 Å². The Labute approximate surface area is 132 Å². The van der Waals surface area contributed by atoms with Crippen molar-refractivity contribution in [1.82, 2.24) is 0 Å². The number of anilines is 1. The molecule has 1 unspecified atom stereocenters. The molecule has 0 saturated carbocycles. The van der Waals surface area contributed by atoms with Gasteiger partial charge in [0.05, 0.1) is 0 Å². The summed E-state index contributed by atoms with van der Waals surface area (Å²) in [6.07, 6.45) is 15.0. The van der Waals surface area contributed by atoms with Crippen molar-refractivity contribution in [2.75, 3.05) is 5.32 Å². The van der Waals surface area contributed by atoms with E-state index in [2.05, 4.69) is 49.5 Å². The molecular formula is C20H35N. The molecule has 0 radical (unpaired) electrons. The van der Waals surface area contributed by atoms with E-state index < -0.39 is 0 Å². The molecule has 0 aliphatic rings. The molecule has 0 aromatic heterocycles. The Balaban J connectivity index is 2.30. The van der Waals surface area contributed by atoms with Crippen molar-refractivity contribution in [2.24, 2.45) is 0 Å². The predicted octanol–water partition coefficient (Wildman–Crippen LogP) is 6.80. The van der Waals surface area contributed by atoms with E-state index in [9.17, 15) is 0 Å². The molecule has 0 aliphatic heterocycles. The Morgan fingerprint density at radius 2 is 1.24 bits per heavy atom. The zero-order chi connectivity index (χ0) is 15.2. The maximum Gasteiger partial charge on any atom is 0.0342 e. The monoisotopic (exact) mass is 289 g/mol. The quantitative estimate of drug-likeness (QED) is 0.394. The van der Waals surface area contributed by atoms with Crippen LogP contribution in [0.1, 0.15) is 84.5 Å². The summed E-state index contributed by atoms with van der Waals surface area (Å²) in [5.74, 6) is 0. The molecule has 1 aromatic rings. The van der Waals surface area contributed by atoms with Crippen LogP contribution in [0.15, 0.2) is 30.3 Å². The number of hydrogen-bond donors (Lipinski definition) is 1. The van der Waals surface area contributed by atoms with Crippen LogP contribution in [0.4, 0.5) is 5.69 Å². The van der Waals surface area contributed by atoms with Gasteiger partial charge in [0.2, 0.25) is 0 Å². The van der Waals surface area contributed by atoms with Crippen LogP contribution in [0.2, 0.25) is 0 Å². The highest BCUT2D eigenvalue weighted by Gasteiger charge is 2.08. The Morgan fingerprint density at radius 3 is 1.81 bits per heavy atom.